The van der Waals surface area contributed by atoms with E-state index in [-0.39, 0.29) is 0 Å². The van der Waals surface area contributed by atoms with Gasteiger partial charge in [-0.05, 0) is 24.8 Å². The van der Waals surface area contributed by atoms with Crippen LogP contribution in [0.15, 0.2) is 12.3 Å². The summed E-state index contributed by atoms with van der Waals surface area (Å²) in [6, 6.07) is 2.06. The maximum absolute atomic E-state index is 5.43. The summed E-state index contributed by atoms with van der Waals surface area (Å²) in [4.78, 5) is 16.6. The van der Waals surface area contributed by atoms with Crippen LogP contribution in [0.5, 0.6) is 0 Å². The summed E-state index contributed by atoms with van der Waals surface area (Å²) in [6.45, 7) is 9.09. The standard InChI is InChI=1S/C19H31N5O/c1-2-4-17(5-3-1)16-22-8-10-23(11-9-22)18-6-7-20-19(21-18)24-12-14-25-15-13-24/h6-7,17H,1-5,8-16H2. The van der Waals surface area contributed by atoms with Crippen LogP contribution in [0, 0.1) is 5.92 Å². The van der Waals surface area contributed by atoms with Gasteiger partial charge in [-0.1, -0.05) is 19.3 Å². The zero-order chi connectivity index (χ0) is 16.9. The minimum absolute atomic E-state index is 0.771. The molecule has 1 aliphatic carbocycles. The topological polar surface area (TPSA) is 44.7 Å². The fourth-order valence-corrected chi connectivity index (χ4v) is 4.33. The van der Waals surface area contributed by atoms with Gasteiger partial charge in [0.25, 0.3) is 0 Å². The van der Waals surface area contributed by atoms with Crippen molar-refractivity contribution in [2.75, 3.05) is 68.8 Å². The van der Waals surface area contributed by atoms with Gasteiger partial charge in [0.15, 0.2) is 0 Å². The van der Waals surface area contributed by atoms with Crippen LogP contribution >= 0.6 is 0 Å². The van der Waals surface area contributed by atoms with E-state index in [0.717, 1.165) is 70.2 Å². The van der Waals surface area contributed by atoms with Crippen LogP contribution in [0.1, 0.15) is 32.1 Å². The van der Waals surface area contributed by atoms with Gasteiger partial charge in [0.2, 0.25) is 5.95 Å². The molecule has 1 aromatic rings. The van der Waals surface area contributed by atoms with Gasteiger partial charge in [-0.15, -0.1) is 0 Å². The number of nitrogens with zero attached hydrogens (tertiary/aromatic N) is 5. The van der Waals surface area contributed by atoms with E-state index in [2.05, 4.69) is 25.8 Å². The third-order valence-corrected chi connectivity index (χ3v) is 5.86. The number of hydrogen-bond donors (Lipinski definition) is 0. The summed E-state index contributed by atoms with van der Waals surface area (Å²) >= 11 is 0. The molecular formula is C19H31N5O. The van der Waals surface area contributed by atoms with Crippen molar-refractivity contribution < 1.29 is 4.74 Å². The van der Waals surface area contributed by atoms with Crippen LogP contribution in [0.25, 0.3) is 0 Å². The highest BCUT2D eigenvalue weighted by Crippen LogP contribution is 2.25. The van der Waals surface area contributed by atoms with Crippen molar-refractivity contribution in [2.45, 2.75) is 32.1 Å². The lowest BCUT2D eigenvalue weighted by atomic mass is 9.89. The summed E-state index contributed by atoms with van der Waals surface area (Å²) in [5.41, 5.74) is 0. The molecule has 0 bridgehead atoms. The average molecular weight is 345 g/mol. The summed E-state index contributed by atoms with van der Waals surface area (Å²) in [6.07, 6.45) is 9.11. The Bertz CT molecular complexity index is 534. The molecule has 0 aromatic carbocycles. The third-order valence-electron chi connectivity index (χ3n) is 5.86. The predicted molar refractivity (Wildman–Crippen MR) is 100 cm³/mol. The molecule has 3 aliphatic rings. The molecule has 1 saturated carbocycles. The van der Waals surface area contributed by atoms with E-state index < -0.39 is 0 Å². The third kappa shape index (κ3) is 4.42. The largest absolute Gasteiger partial charge is 0.378 e. The maximum Gasteiger partial charge on any atom is 0.227 e. The highest BCUT2D eigenvalue weighted by molar-refractivity contribution is 5.44. The molecule has 0 spiro atoms. The van der Waals surface area contributed by atoms with Crippen LogP contribution < -0.4 is 9.80 Å². The summed E-state index contributed by atoms with van der Waals surface area (Å²) in [5, 5.41) is 0. The molecule has 0 atom stereocenters. The van der Waals surface area contributed by atoms with Gasteiger partial charge in [0, 0.05) is 52.0 Å². The van der Waals surface area contributed by atoms with E-state index in [0.29, 0.717) is 0 Å². The van der Waals surface area contributed by atoms with Crippen LogP contribution in [0.2, 0.25) is 0 Å². The monoisotopic (exact) mass is 345 g/mol. The lowest BCUT2D eigenvalue weighted by Gasteiger charge is -2.38. The van der Waals surface area contributed by atoms with Crippen molar-refractivity contribution in [3.63, 3.8) is 0 Å². The molecular weight excluding hydrogens is 314 g/mol. The fraction of sp³-hybridized carbons (Fsp3) is 0.789. The summed E-state index contributed by atoms with van der Waals surface area (Å²) in [7, 11) is 0. The lowest BCUT2D eigenvalue weighted by molar-refractivity contribution is 0.122. The van der Waals surface area contributed by atoms with Crippen LogP contribution in [0.3, 0.4) is 0 Å². The number of hydrogen-bond acceptors (Lipinski definition) is 6. The molecule has 6 heteroatoms. The van der Waals surface area contributed by atoms with Gasteiger partial charge in [-0.25, -0.2) is 4.98 Å². The van der Waals surface area contributed by atoms with Crippen molar-refractivity contribution in [1.29, 1.82) is 0 Å². The van der Waals surface area contributed by atoms with E-state index in [1.807, 2.05) is 6.20 Å². The molecule has 3 fully saturated rings. The zero-order valence-electron chi connectivity index (χ0n) is 15.3. The van der Waals surface area contributed by atoms with Crippen molar-refractivity contribution in [3.05, 3.63) is 12.3 Å². The Morgan fingerprint density at radius 1 is 0.920 bits per heavy atom. The molecule has 2 aliphatic heterocycles. The van der Waals surface area contributed by atoms with Gasteiger partial charge in [0.1, 0.15) is 5.82 Å². The van der Waals surface area contributed by atoms with Crippen molar-refractivity contribution in [2.24, 2.45) is 5.92 Å². The van der Waals surface area contributed by atoms with Crippen molar-refractivity contribution in [1.82, 2.24) is 14.9 Å². The first kappa shape index (κ1) is 17.0. The molecule has 6 nitrogen and oxygen atoms in total. The van der Waals surface area contributed by atoms with E-state index >= 15 is 0 Å². The molecule has 0 N–H and O–H groups in total. The average Bonchev–Trinajstić information content (AvgIpc) is 2.70. The highest BCUT2D eigenvalue weighted by Gasteiger charge is 2.23. The van der Waals surface area contributed by atoms with Crippen molar-refractivity contribution in [3.8, 4) is 0 Å². The second-order valence-corrected chi connectivity index (χ2v) is 7.61. The highest BCUT2D eigenvalue weighted by atomic mass is 16.5. The molecule has 1 aromatic heterocycles. The molecule has 138 valence electrons. The molecule has 25 heavy (non-hydrogen) atoms. The summed E-state index contributed by atoms with van der Waals surface area (Å²) < 4.78 is 5.43. The molecule has 2 saturated heterocycles. The Morgan fingerprint density at radius 2 is 1.68 bits per heavy atom. The summed E-state index contributed by atoms with van der Waals surface area (Å²) in [5.74, 6) is 2.87. The second kappa shape index (κ2) is 8.32. The SMILES string of the molecule is c1cc(N2CCN(CC3CCCCC3)CC2)nc(N2CCOCC2)n1. The maximum atomic E-state index is 5.43. The Hall–Kier alpha value is -1.40. The second-order valence-electron chi connectivity index (χ2n) is 7.61. The number of rotatable bonds is 4. The van der Waals surface area contributed by atoms with Gasteiger partial charge in [-0.3, -0.25) is 4.90 Å². The quantitative estimate of drug-likeness (QED) is 0.832. The number of piperazine rings is 1. The number of aromatic nitrogens is 2. The zero-order valence-corrected chi connectivity index (χ0v) is 15.3. The van der Waals surface area contributed by atoms with Crippen LogP contribution in [-0.4, -0.2) is 73.9 Å². The van der Waals surface area contributed by atoms with Crippen LogP contribution in [0.4, 0.5) is 11.8 Å². The first-order valence-corrected chi connectivity index (χ1v) is 10.0. The number of morpholine rings is 1. The molecule has 3 heterocycles. The van der Waals surface area contributed by atoms with Crippen LogP contribution in [-0.2, 0) is 4.74 Å². The normalized spacial score (nSPS) is 23.8. The van der Waals surface area contributed by atoms with Gasteiger partial charge >= 0.3 is 0 Å². The van der Waals surface area contributed by atoms with Crippen molar-refractivity contribution >= 4 is 11.8 Å². The lowest BCUT2D eigenvalue weighted by Crippen LogP contribution is -2.48. The number of ether oxygens (including phenoxy) is 1. The Balaban J connectivity index is 1.31. The van der Waals surface area contributed by atoms with Gasteiger partial charge < -0.3 is 14.5 Å². The Morgan fingerprint density at radius 3 is 2.44 bits per heavy atom. The minimum atomic E-state index is 0.771. The Kier molecular flexibility index (Phi) is 5.67. The minimum Gasteiger partial charge on any atom is -0.378 e. The molecule has 4 rings (SSSR count). The van der Waals surface area contributed by atoms with E-state index in [1.54, 1.807) is 0 Å². The Labute approximate surface area is 151 Å². The molecule has 0 radical (unpaired) electrons. The van der Waals surface area contributed by atoms with Gasteiger partial charge in [-0.2, -0.15) is 4.98 Å². The van der Waals surface area contributed by atoms with Gasteiger partial charge in [0.05, 0.1) is 13.2 Å². The molecule has 0 unspecified atom stereocenters. The van der Waals surface area contributed by atoms with E-state index in [9.17, 15) is 0 Å². The number of anilines is 2. The molecule has 0 amide bonds. The first-order valence-electron chi connectivity index (χ1n) is 10.0. The predicted octanol–water partition coefficient (Wildman–Crippen LogP) is 2.02. The smallest absolute Gasteiger partial charge is 0.227 e. The van der Waals surface area contributed by atoms with E-state index in [1.165, 1.54) is 38.6 Å². The first-order chi connectivity index (χ1) is 12.4. The van der Waals surface area contributed by atoms with E-state index in [4.69, 9.17) is 9.72 Å². The fourth-order valence-electron chi connectivity index (χ4n) is 4.33.